The van der Waals surface area contributed by atoms with Gasteiger partial charge in [-0.1, -0.05) is 27.2 Å². The molecule has 1 atom stereocenters. The van der Waals surface area contributed by atoms with Gasteiger partial charge in [0.05, 0.1) is 0 Å². The molecule has 2 fully saturated rings. The SMILES string of the molecule is CCCC1(CN2CCC(=O)NC(C(C)C)C2=O)CC1. The highest BCUT2D eigenvalue weighted by Crippen LogP contribution is 2.50. The first-order valence-corrected chi connectivity index (χ1v) is 7.55. The maximum Gasteiger partial charge on any atom is 0.245 e. The van der Waals surface area contributed by atoms with Crippen LogP contribution in [-0.4, -0.2) is 35.8 Å². The molecule has 1 N–H and O–H groups in total. The molecular formula is C15H26N2O2. The second-order valence-corrected chi connectivity index (χ2v) is 6.55. The van der Waals surface area contributed by atoms with Crippen LogP contribution < -0.4 is 5.32 Å². The number of amides is 2. The van der Waals surface area contributed by atoms with Crippen molar-refractivity contribution in [1.82, 2.24) is 10.2 Å². The molecule has 0 aromatic rings. The first-order chi connectivity index (χ1) is 8.97. The molecule has 1 heterocycles. The summed E-state index contributed by atoms with van der Waals surface area (Å²) >= 11 is 0. The summed E-state index contributed by atoms with van der Waals surface area (Å²) in [5.41, 5.74) is 0.360. The van der Waals surface area contributed by atoms with Crippen molar-refractivity contribution in [3.63, 3.8) is 0 Å². The smallest absolute Gasteiger partial charge is 0.245 e. The van der Waals surface area contributed by atoms with Crippen LogP contribution in [0.1, 0.15) is 52.9 Å². The van der Waals surface area contributed by atoms with Crippen LogP contribution in [0.5, 0.6) is 0 Å². The molecule has 1 aliphatic heterocycles. The molecule has 108 valence electrons. The summed E-state index contributed by atoms with van der Waals surface area (Å²) in [6, 6.07) is -0.340. The van der Waals surface area contributed by atoms with E-state index in [2.05, 4.69) is 12.2 Å². The monoisotopic (exact) mass is 266 g/mol. The summed E-state index contributed by atoms with van der Waals surface area (Å²) in [5.74, 6) is 0.275. The lowest BCUT2D eigenvalue weighted by molar-refractivity contribution is -0.135. The quantitative estimate of drug-likeness (QED) is 0.826. The summed E-state index contributed by atoms with van der Waals surface area (Å²) in [6.45, 7) is 7.61. The lowest BCUT2D eigenvalue weighted by Gasteiger charge is -2.29. The maximum absolute atomic E-state index is 12.6. The van der Waals surface area contributed by atoms with Gasteiger partial charge in [0.2, 0.25) is 11.8 Å². The zero-order chi connectivity index (χ0) is 14.0. The van der Waals surface area contributed by atoms with E-state index in [1.807, 2.05) is 18.7 Å². The summed E-state index contributed by atoms with van der Waals surface area (Å²) in [7, 11) is 0. The molecule has 4 heteroatoms. The number of rotatable bonds is 5. The Morgan fingerprint density at radius 1 is 1.37 bits per heavy atom. The highest BCUT2D eigenvalue weighted by molar-refractivity contribution is 5.90. The second-order valence-electron chi connectivity index (χ2n) is 6.55. The van der Waals surface area contributed by atoms with Crippen LogP contribution in [0.2, 0.25) is 0 Å². The van der Waals surface area contributed by atoms with Crippen molar-refractivity contribution in [2.75, 3.05) is 13.1 Å². The molecule has 1 aliphatic carbocycles. The Bertz CT molecular complexity index is 361. The summed E-state index contributed by atoms with van der Waals surface area (Å²) in [6.07, 6.45) is 5.28. The molecular weight excluding hydrogens is 240 g/mol. The predicted molar refractivity (Wildman–Crippen MR) is 74.5 cm³/mol. The number of carbonyl (C=O) groups is 2. The molecule has 19 heavy (non-hydrogen) atoms. The average Bonchev–Trinajstić information content (AvgIpc) is 3.11. The fraction of sp³-hybridized carbons (Fsp3) is 0.867. The normalized spacial score (nSPS) is 26.3. The minimum absolute atomic E-state index is 0.00916. The summed E-state index contributed by atoms with van der Waals surface area (Å²) in [4.78, 5) is 26.2. The molecule has 4 nitrogen and oxygen atoms in total. The van der Waals surface area contributed by atoms with Crippen molar-refractivity contribution in [2.45, 2.75) is 58.9 Å². The van der Waals surface area contributed by atoms with E-state index in [4.69, 9.17) is 0 Å². The highest BCUT2D eigenvalue weighted by atomic mass is 16.2. The minimum Gasteiger partial charge on any atom is -0.344 e. The third kappa shape index (κ3) is 3.28. The molecule has 0 radical (unpaired) electrons. The number of nitrogens with zero attached hydrogens (tertiary/aromatic N) is 1. The van der Waals surface area contributed by atoms with E-state index >= 15 is 0 Å². The van der Waals surface area contributed by atoms with Gasteiger partial charge in [-0.25, -0.2) is 0 Å². The number of carbonyl (C=O) groups excluding carboxylic acids is 2. The van der Waals surface area contributed by atoms with Crippen molar-refractivity contribution in [3.8, 4) is 0 Å². The molecule has 0 spiro atoms. The minimum atomic E-state index is -0.340. The molecule has 2 amide bonds. The van der Waals surface area contributed by atoms with E-state index in [0.29, 0.717) is 18.4 Å². The Kier molecular flexibility index (Phi) is 4.16. The van der Waals surface area contributed by atoms with Crippen molar-refractivity contribution in [1.29, 1.82) is 0 Å². The van der Waals surface area contributed by atoms with E-state index in [-0.39, 0.29) is 23.8 Å². The fourth-order valence-electron chi connectivity index (χ4n) is 3.06. The van der Waals surface area contributed by atoms with Gasteiger partial charge < -0.3 is 10.2 Å². The van der Waals surface area contributed by atoms with Crippen molar-refractivity contribution in [3.05, 3.63) is 0 Å². The van der Waals surface area contributed by atoms with Gasteiger partial charge in [0, 0.05) is 19.5 Å². The standard InChI is InChI=1S/C15H26N2O2/c1-4-6-15(7-8-15)10-17-9-5-12(18)16-13(11(2)3)14(17)19/h11,13H,4-10H2,1-3H3,(H,16,18). The fourth-order valence-corrected chi connectivity index (χ4v) is 3.06. The number of hydrogen-bond acceptors (Lipinski definition) is 2. The lowest BCUT2D eigenvalue weighted by Crippen LogP contribution is -2.49. The maximum atomic E-state index is 12.6. The largest absolute Gasteiger partial charge is 0.344 e. The Morgan fingerprint density at radius 3 is 2.58 bits per heavy atom. The Labute approximate surface area is 115 Å². The molecule has 1 unspecified atom stereocenters. The molecule has 0 bridgehead atoms. The zero-order valence-corrected chi connectivity index (χ0v) is 12.4. The second kappa shape index (κ2) is 5.51. The molecule has 2 aliphatic rings. The van der Waals surface area contributed by atoms with E-state index in [9.17, 15) is 9.59 Å². The molecule has 0 aromatic heterocycles. The van der Waals surface area contributed by atoms with Crippen LogP contribution in [0.15, 0.2) is 0 Å². The number of hydrogen-bond donors (Lipinski definition) is 1. The molecule has 2 rings (SSSR count). The van der Waals surface area contributed by atoms with Crippen LogP contribution in [0.4, 0.5) is 0 Å². The Hall–Kier alpha value is -1.06. The number of nitrogens with one attached hydrogen (secondary N) is 1. The van der Waals surface area contributed by atoms with Gasteiger partial charge in [-0.3, -0.25) is 9.59 Å². The Morgan fingerprint density at radius 2 is 2.05 bits per heavy atom. The van der Waals surface area contributed by atoms with Gasteiger partial charge in [0.25, 0.3) is 0 Å². The van der Waals surface area contributed by atoms with Gasteiger partial charge in [0.15, 0.2) is 0 Å². The first-order valence-electron chi connectivity index (χ1n) is 7.55. The topological polar surface area (TPSA) is 49.4 Å². The van der Waals surface area contributed by atoms with Crippen molar-refractivity contribution >= 4 is 11.8 Å². The van der Waals surface area contributed by atoms with Crippen LogP contribution >= 0.6 is 0 Å². The van der Waals surface area contributed by atoms with E-state index in [0.717, 1.165) is 6.54 Å². The van der Waals surface area contributed by atoms with Crippen LogP contribution in [0.25, 0.3) is 0 Å². The molecule has 1 saturated heterocycles. The van der Waals surface area contributed by atoms with Gasteiger partial charge in [0.1, 0.15) is 6.04 Å². The van der Waals surface area contributed by atoms with Crippen LogP contribution in [-0.2, 0) is 9.59 Å². The van der Waals surface area contributed by atoms with E-state index in [1.165, 1.54) is 25.7 Å². The molecule has 0 aromatic carbocycles. The highest BCUT2D eigenvalue weighted by Gasteiger charge is 2.45. The van der Waals surface area contributed by atoms with Crippen LogP contribution in [0.3, 0.4) is 0 Å². The van der Waals surface area contributed by atoms with E-state index < -0.39 is 0 Å². The van der Waals surface area contributed by atoms with Gasteiger partial charge in [-0.2, -0.15) is 0 Å². The third-order valence-corrected chi connectivity index (χ3v) is 4.43. The van der Waals surface area contributed by atoms with Gasteiger partial charge in [-0.15, -0.1) is 0 Å². The van der Waals surface area contributed by atoms with Crippen LogP contribution in [0, 0.1) is 11.3 Å². The average molecular weight is 266 g/mol. The zero-order valence-electron chi connectivity index (χ0n) is 12.4. The Balaban J connectivity index is 2.06. The molecule has 1 saturated carbocycles. The van der Waals surface area contributed by atoms with Gasteiger partial charge in [-0.05, 0) is 30.6 Å². The predicted octanol–water partition coefficient (Wildman–Crippen LogP) is 1.94. The third-order valence-electron chi connectivity index (χ3n) is 4.43. The van der Waals surface area contributed by atoms with Crippen molar-refractivity contribution < 1.29 is 9.59 Å². The first kappa shape index (κ1) is 14.4. The van der Waals surface area contributed by atoms with E-state index in [1.54, 1.807) is 0 Å². The van der Waals surface area contributed by atoms with Gasteiger partial charge >= 0.3 is 0 Å². The van der Waals surface area contributed by atoms with Crippen molar-refractivity contribution in [2.24, 2.45) is 11.3 Å². The summed E-state index contributed by atoms with van der Waals surface area (Å²) in [5, 5.41) is 2.87. The summed E-state index contributed by atoms with van der Waals surface area (Å²) < 4.78 is 0. The lowest BCUT2D eigenvalue weighted by atomic mass is 9.98.